The summed E-state index contributed by atoms with van der Waals surface area (Å²) in [5.41, 5.74) is 2.85. The van der Waals surface area contributed by atoms with Crippen molar-refractivity contribution in [3.8, 4) is 0 Å². The van der Waals surface area contributed by atoms with Crippen LogP contribution in [0.3, 0.4) is 0 Å². The average molecular weight is 301 g/mol. The molecule has 0 amide bonds. The summed E-state index contributed by atoms with van der Waals surface area (Å²) in [4.78, 5) is 0. The summed E-state index contributed by atoms with van der Waals surface area (Å²) in [5.74, 6) is 0. The van der Waals surface area contributed by atoms with Crippen LogP contribution in [0.4, 0.5) is 0 Å². The van der Waals surface area contributed by atoms with Crippen molar-refractivity contribution in [2.75, 3.05) is 13.2 Å². The van der Waals surface area contributed by atoms with Gasteiger partial charge >= 0.3 is 0 Å². The summed E-state index contributed by atoms with van der Waals surface area (Å²) < 4.78 is 5.67. The zero-order valence-electron chi connectivity index (χ0n) is 13.0. The van der Waals surface area contributed by atoms with Crippen LogP contribution in [0.2, 0.25) is 0 Å². The fourth-order valence-corrected chi connectivity index (χ4v) is 4.05. The van der Waals surface area contributed by atoms with Gasteiger partial charge in [-0.2, -0.15) is 0 Å². The van der Waals surface area contributed by atoms with E-state index in [1.54, 1.807) is 0 Å². The van der Waals surface area contributed by atoms with E-state index in [-0.39, 0.29) is 0 Å². The number of hydrogen-bond donors (Lipinski definition) is 1. The Labute approximate surface area is 135 Å². The summed E-state index contributed by atoms with van der Waals surface area (Å²) in [6.45, 7) is 1.60. The number of morpholine rings is 1. The number of ether oxygens (including phenoxy) is 1. The van der Waals surface area contributed by atoms with Crippen molar-refractivity contribution in [1.82, 2.24) is 5.32 Å². The lowest BCUT2D eigenvalue weighted by molar-refractivity contribution is 0.0561. The van der Waals surface area contributed by atoms with E-state index in [4.69, 9.17) is 4.74 Å². The van der Waals surface area contributed by atoms with Crippen molar-refractivity contribution in [3.05, 3.63) is 66.2 Å². The van der Waals surface area contributed by atoms with Crippen molar-refractivity contribution in [2.24, 2.45) is 0 Å². The third-order valence-electron chi connectivity index (χ3n) is 5.05. The second kappa shape index (κ2) is 5.19. The molecule has 3 aromatic carbocycles. The Morgan fingerprint density at radius 1 is 0.870 bits per heavy atom. The van der Waals surface area contributed by atoms with Gasteiger partial charge in [0.05, 0.1) is 13.2 Å². The Balaban J connectivity index is 1.78. The minimum absolute atomic E-state index is 0.350. The summed E-state index contributed by atoms with van der Waals surface area (Å²) in [6, 6.07) is 20.6. The highest BCUT2D eigenvalue weighted by Gasteiger charge is 2.27. The first-order valence-corrected chi connectivity index (χ1v) is 8.34. The van der Waals surface area contributed by atoms with Crippen LogP contribution in [0.5, 0.6) is 0 Å². The summed E-state index contributed by atoms with van der Waals surface area (Å²) in [6.07, 6.45) is 3.41. The lowest BCUT2D eigenvalue weighted by Gasteiger charge is -2.35. The molecule has 2 bridgehead atoms. The zero-order chi connectivity index (χ0) is 15.2. The molecule has 2 heterocycles. The van der Waals surface area contributed by atoms with Crippen LogP contribution in [0.25, 0.3) is 27.1 Å². The molecule has 2 unspecified atom stereocenters. The van der Waals surface area contributed by atoms with E-state index in [0.29, 0.717) is 12.1 Å². The number of hydrogen-bond acceptors (Lipinski definition) is 2. The molecule has 23 heavy (non-hydrogen) atoms. The minimum atomic E-state index is 0.350. The second-order valence-electron chi connectivity index (χ2n) is 6.59. The first-order valence-electron chi connectivity index (χ1n) is 8.34. The molecule has 114 valence electrons. The van der Waals surface area contributed by atoms with Gasteiger partial charge in [-0.05, 0) is 45.2 Å². The number of fused-ring (bicyclic) bond motifs is 5. The van der Waals surface area contributed by atoms with Crippen LogP contribution in [-0.4, -0.2) is 25.3 Å². The smallest absolute Gasteiger partial charge is 0.0656 e. The topological polar surface area (TPSA) is 21.3 Å². The van der Waals surface area contributed by atoms with Crippen LogP contribution in [0, 0.1) is 0 Å². The van der Waals surface area contributed by atoms with Gasteiger partial charge in [0.2, 0.25) is 0 Å². The van der Waals surface area contributed by atoms with Crippen LogP contribution in [0.15, 0.2) is 60.7 Å². The first-order chi connectivity index (χ1) is 11.4. The van der Waals surface area contributed by atoms with Gasteiger partial charge in [-0.3, -0.25) is 0 Å². The van der Waals surface area contributed by atoms with Crippen LogP contribution in [0.1, 0.15) is 12.0 Å². The van der Waals surface area contributed by atoms with Gasteiger partial charge in [-0.15, -0.1) is 0 Å². The molecule has 2 aliphatic heterocycles. The average Bonchev–Trinajstić information content (AvgIpc) is 2.61. The molecule has 2 heteroatoms. The molecule has 2 nitrogen and oxygen atoms in total. The van der Waals surface area contributed by atoms with E-state index in [9.17, 15) is 0 Å². The largest absolute Gasteiger partial charge is 0.378 e. The van der Waals surface area contributed by atoms with Crippen LogP contribution >= 0.6 is 0 Å². The maximum Gasteiger partial charge on any atom is 0.0656 e. The molecule has 0 radical (unpaired) electrons. The van der Waals surface area contributed by atoms with E-state index >= 15 is 0 Å². The molecule has 2 aliphatic rings. The van der Waals surface area contributed by atoms with Gasteiger partial charge in [0.15, 0.2) is 0 Å². The number of rotatable bonds is 1. The summed E-state index contributed by atoms with van der Waals surface area (Å²) in [5, 5.41) is 9.00. The maximum atomic E-state index is 5.67. The van der Waals surface area contributed by atoms with E-state index in [1.807, 2.05) is 0 Å². The molecular formula is C21H19NO. The zero-order valence-corrected chi connectivity index (χ0v) is 13.0. The van der Waals surface area contributed by atoms with Crippen molar-refractivity contribution in [3.63, 3.8) is 0 Å². The van der Waals surface area contributed by atoms with Gasteiger partial charge in [0.1, 0.15) is 0 Å². The lowest BCUT2D eigenvalue weighted by atomic mass is 9.87. The lowest BCUT2D eigenvalue weighted by Crippen LogP contribution is -2.50. The third-order valence-corrected chi connectivity index (χ3v) is 5.05. The predicted molar refractivity (Wildman–Crippen MR) is 95.6 cm³/mol. The molecular weight excluding hydrogens is 282 g/mol. The van der Waals surface area contributed by atoms with Crippen molar-refractivity contribution >= 4 is 27.1 Å². The molecule has 0 aliphatic carbocycles. The van der Waals surface area contributed by atoms with Gasteiger partial charge < -0.3 is 10.1 Å². The van der Waals surface area contributed by atoms with Crippen molar-refractivity contribution in [1.29, 1.82) is 0 Å². The molecule has 5 rings (SSSR count). The Bertz CT molecular complexity index is 927. The predicted octanol–water partition coefficient (Wildman–Crippen LogP) is 4.14. The van der Waals surface area contributed by atoms with E-state index in [0.717, 1.165) is 19.6 Å². The Kier molecular flexibility index (Phi) is 3.00. The van der Waals surface area contributed by atoms with Crippen LogP contribution in [-0.2, 0) is 4.74 Å². The normalized spacial score (nSPS) is 23.9. The molecule has 1 N–H and O–H groups in total. The number of nitrogens with one attached hydrogen (secondary N) is 1. The standard InChI is InChI=1S/C21H19NO/c1-2-6-18-14(5-1)11-21(20-8-4-3-7-19(18)20)15-9-16-12-23-13-17(10-15)22-16/h1-9,11,16-17,22H,10,12-13H2. The molecule has 0 aromatic heterocycles. The molecule has 3 aromatic rings. The van der Waals surface area contributed by atoms with Gasteiger partial charge in [0.25, 0.3) is 0 Å². The molecule has 2 atom stereocenters. The Morgan fingerprint density at radius 2 is 1.65 bits per heavy atom. The highest BCUT2D eigenvalue weighted by Crippen LogP contribution is 2.36. The number of benzene rings is 3. The molecule has 1 fully saturated rings. The van der Waals surface area contributed by atoms with E-state index < -0.39 is 0 Å². The highest BCUT2D eigenvalue weighted by atomic mass is 16.5. The Morgan fingerprint density at radius 3 is 2.52 bits per heavy atom. The van der Waals surface area contributed by atoms with E-state index in [2.05, 4.69) is 66.0 Å². The molecule has 1 saturated heterocycles. The third kappa shape index (κ3) is 2.18. The van der Waals surface area contributed by atoms with E-state index in [1.165, 1.54) is 32.7 Å². The first kappa shape index (κ1) is 13.3. The summed E-state index contributed by atoms with van der Waals surface area (Å²) in [7, 11) is 0. The quantitative estimate of drug-likeness (QED) is 0.682. The van der Waals surface area contributed by atoms with Crippen molar-refractivity contribution in [2.45, 2.75) is 18.5 Å². The van der Waals surface area contributed by atoms with Crippen LogP contribution < -0.4 is 5.32 Å². The second-order valence-corrected chi connectivity index (χ2v) is 6.59. The van der Waals surface area contributed by atoms with Gasteiger partial charge in [0, 0.05) is 12.1 Å². The summed E-state index contributed by atoms with van der Waals surface area (Å²) >= 11 is 0. The van der Waals surface area contributed by atoms with Gasteiger partial charge in [-0.1, -0.05) is 54.6 Å². The van der Waals surface area contributed by atoms with Crippen molar-refractivity contribution < 1.29 is 4.74 Å². The molecule has 0 saturated carbocycles. The SMILES string of the molecule is C1=C(c2cc3ccccc3c3ccccc23)CC2COCC1N2. The monoisotopic (exact) mass is 301 g/mol. The Hall–Kier alpha value is -2.16. The fourth-order valence-electron chi connectivity index (χ4n) is 4.05. The fraction of sp³-hybridized carbons (Fsp3) is 0.238. The maximum absolute atomic E-state index is 5.67. The van der Waals surface area contributed by atoms with Gasteiger partial charge in [-0.25, -0.2) is 0 Å². The minimum Gasteiger partial charge on any atom is -0.378 e. The molecule has 0 spiro atoms. The highest BCUT2D eigenvalue weighted by molar-refractivity contribution is 6.11.